The highest BCUT2D eigenvalue weighted by Crippen LogP contribution is 2.25. The summed E-state index contributed by atoms with van der Waals surface area (Å²) < 4.78 is 37.5. The molecule has 0 amide bonds. The van der Waals surface area contributed by atoms with Gasteiger partial charge in [0.15, 0.2) is 5.82 Å². The SMILES string of the molecule is Fc1c(C(F)F)cc(I)nc1I. The molecule has 0 spiro atoms. The van der Waals surface area contributed by atoms with Crippen molar-refractivity contribution in [1.29, 1.82) is 0 Å². The fraction of sp³-hybridized carbons (Fsp3) is 0.167. The lowest BCUT2D eigenvalue weighted by Gasteiger charge is -2.03. The van der Waals surface area contributed by atoms with Crippen molar-refractivity contribution in [3.05, 3.63) is 24.8 Å². The van der Waals surface area contributed by atoms with E-state index >= 15 is 0 Å². The molecule has 0 aliphatic heterocycles. The minimum Gasteiger partial charge on any atom is -0.233 e. The number of hydrogen-bond donors (Lipinski definition) is 0. The Balaban J connectivity index is 3.28. The molecule has 12 heavy (non-hydrogen) atoms. The molecule has 1 heterocycles. The number of pyridine rings is 1. The summed E-state index contributed by atoms with van der Waals surface area (Å²) in [6.07, 6.45) is -2.78. The molecule has 0 bridgehead atoms. The van der Waals surface area contributed by atoms with Gasteiger partial charge in [0.1, 0.15) is 7.40 Å². The van der Waals surface area contributed by atoms with E-state index in [0.29, 0.717) is 3.70 Å². The number of aromatic nitrogens is 1. The molecule has 1 aromatic rings. The summed E-state index contributed by atoms with van der Waals surface area (Å²) in [7, 11) is 0. The van der Waals surface area contributed by atoms with Crippen molar-refractivity contribution in [2.24, 2.45) is 0 Å². The third kappa shape index (κ3) is 2.21. The van der Waals surface area contributed by atoms with Gasteiger partial charge in [0.2, 0.25) is 0 Å². The molecule has 1 nitrogen and oxygen atoms in total. The van der Waals surface area contributed by atoms with Crippen LogP contribution in [0.5, 0.6) is 0 Å². The predicted octanol–water partition coefficient (Wildman–Crippen LogP) is 3.37. The van der Waals surface area contributed by atoms with Crippen LogP contribution >= 0.6 is 45.2 Å². The molecule has 6 heteroatoms. The van der Waals surface area contributed by atoms with Crippen LogP contribution in [-0.4, -0.2) is 4.98 Å². The molecule has 0 aliphatic rings. The van der Waals surface area contributed by atoms with Gasteiger partial charge < -0.3 is 0 Å². The van der Waals surface area contributed by atoms with Crippen LogP contribution in [0.1, 0.15) is 12.0 Å². The third-order valence-electron chi connectivity index (χ3n) is 1.15. The molecular formula is C6H2F3I2N. The van der Waals surface area contributed by atoms with Crippen molar-refractivity contribution in [2.45, 2.75) is 6.43 Å². The van der Waals surface area contributed by atoms with Crippen molar-refractivity contribution in [2.75, 3.05) is 0 Å². The highest BCUT2D eigenvalue weighted by atomic mass is 127. The van der Waals surface area contributed by atoms with Crippen molar-refractivity contribution in [3.63, 3.8) is 0 Å². The first kappa shape index (κ1) is 10.5. The van der Waals surface area contributed by atoms with Gasteiger partial charge in [0.25, 0.3) is 6.43 Å². The first-order valence-corrected chi connectivity index (χ1v) is 4.97. The summed E-state index contributed by atoms with van der Waals surface area (Å²) in [5, 5.41) is 0. The Morgan fingerprint density at radius 2 is 1.92 bits per heavy atom. The smallest absolute Gasteiger partial charge is 0.233 e. The Bertz CT molecular complexity index is 303. The zero-order valence-corrected chi connectivity index (χ0v) is 9.81. The number of alkyl halides is 2. The molecule has 0 aromatic carbocycles. The lowest BCUT2D eigenvalue weighted by molar-refractivity contribution is 0.145. The largest absolute Gasteiger partial charge is 0.266 e. The standard InChI is InChI=1S/C6H2F3I2N/c7-4-2(5(8)9)1-3(10)12-6(4)11/h1,5H. The van der Waals surface area contributed by atoms with Crippen molar-refractivity contribution in [3.8, 4) is 0 Å². The second kappa shape index (κ2) is 4.07. The topological polar surface area (TPSA) is 12.9 Å². The molecule has 1 rings (SSSR count). The third-order valence-corrected chi connectivity index (χ3v) is 2.42. The Kier molecular flexibility index (Phi) is 3.56. The van der Waals surface area contributed by atoms with Gasteiger partial charge in [-0.3, -0.25) is 0 Å². The lowest BCUT2D eigenvalue weighted by atomic mass is 10.3. The van der Waals surface area contributed by atoms with Crippen molar-refractivity contribution in [1.82, 2.24) is 4.98 Å². The van der Waals surface area contributed by atoms with E-state index in [1.54, 1.807) is 45.2 Å². The summed E-state index contributed by atoms with van der Waals surface area (Å²) >= 11 is 3.35. The maximum Gasteiger partial charge on any atom is 0.266 e. The highest BCUT2D eigenvalue weighted by Gasteiger charge is 2.17. The Hall–Kier alpha value is 0.400. The molecule has 0 unspecified atom stereocenters. The van der Waals surface area contributed by atoms with Crippen LogP contribution in [0.25, 0.3) is 0 Å². The molecule has 1 aromatic heterocycles. The van der Waals surface area contributed by atoms with E-state index in [2.05, 4.69) is 4.98 Å². The zero-order chi connectivity index (χ0) is 9.30. The Morgan fingerprint density at radius 1 is 1.33 bits per heavy atom. The second-order valence-corrected chi connectivity index (χ2v) is 4.07. The number of rotatable bonds is 1. The molecule has 66 valence electrons. The van der Waals surface area contributed by atoms with Crippen molar-refractivity contribution >= 4 is 45.2 Å². The Morgan fingerprint density at radius 3 is 2.42 bits per heavy atom. The minimum atomic E-state index is -2.78. The van der Waals surface area contributed by atoms with Crippen LogP contribution in [0.15, 0.2) is 6.07 Å². The fourth-order valence-electron chi connectivity index (χ4n) is 0.645. The molecule has 0 N–H and O–H groups in total. The molecule has 0 aliphatic carbocycles. The summed E-state index contributed by atoms with van der Waals surface area (Å²) in [4.78, 5) is 3.68. The second-order valence-electron chi connectivity index (χ2n) is 1.94. The van der Waals surface area contributed by atoms with E-state index in [1.807, 2.05) is 0 Å². The normalized spacial score (nSPS) is 10.8. The maximum atomic E-state index is 12.9. The average Bonchev–Trinajstić information content (AvgIpc) is 1.96. The van der Waals surface area contributed by atoms with Crippen LogP contribution < -0.4 is 0 Å². The fourth-order valence-corrected chi connectivity index (χ4v) is 2.25. The van der Waals surface area contributed by atoms with Gasteiger partial charge in [-0.05, 0) is 51.2 Å². The van der Waals surface area contributed by atoms with Crippen molar-refractivity contribution < 1.29 is 13.2 Å². The van der Waals surface area contributed by atoms with E-state index < -0.39 is 17.8 Å². The summed E-state index contributed by atoms with van der Waals surface area (Å²) in [6.45, 7) is 0. The molecule has 0 radical (unpaired) electrons. The Labute approximate surface area is 94.0 Å². The summed E-state index contributed by atoms with van der Waals surface area (Å²) in [5.41, 5.74) is -0.584. The zero-order valence-electron chi connectivity index (χ0n) is 5.49. The van der Waals surface area contributed by atoms with E-state index in [1.165, 1.54) is 0 Å². The molecular weight excluding hydrogens is 397 g/mol. The highest BCUT2D eigenvalue weighted by molar-refractivity contribution is 14.1. The van der Waals surface area contributed by atoms with E-state index in [-0.39, 0.29) is 3.70 Å². The van der Waals surface area contributed by atoms with E-state index in [9.17, 15) is 13.2 Å². The van der Waals surface area contributed by atoms with E-state index in [0.717, 1.165) is 6.07 Å². The molecule has 0 saturated heterocycles. The number of halogens is 5. The van der Waals surface area contributed by atoms with Gasteiger partial charge in [-0.25, -0.2) is 18.2 Å². The molecule has 0 atom stereocenters. The number of nitrogens with zero attached hydrogens (tertiary/aromatic N) is 1. The number of hydrogen-bond acceptors (Lipinski definition) is 1. The summed E-state index contributed by atoms with van der Waals surface area (Å²) in [6, 6.07) is 1.04. The van der Waals surface area contributed by atoms with Crippen LogP contribution in [-0.2, 0) is 0 Å². The minimum absolute atomic E-state index is 0.0187. The van der Waals surface area contributed by atoms with Crippen LogP contribution in [0.4, 0.5) is 13.2 Å². The lowest BCUT2D eigenvalue weighted by Crippen LogP contribution is -1.98. The van der Waals surface area contributed by atoms with Gasteiger partial charge in [0.05, 0.1) is 5.56 Å². The van der Waals surface area contributed by atoms with Gasteiger partial charge in [-0.1, -0.05) is 0 Å². The van der Waals surface area contributed by atoms with E-state index in [4.69, 9.17) is 0 Å². The van der Waals surface area contributed by atoms with Crippen LogP contribution in [0.3, 0.4) is 0 Å². The maximum absolute atomic E-state index is 12.9. The van der Waals surface area contributed by atoms with Gasteiger partial charge in [0, 0.05) is 0 Å². The average molecular weight is 399 g/mol. The summed E-state index contributed by atoms with van der Waals surface area (Å²) in [5.74, 6) is -0.925. The van der Waals surface area contributed by atoms with Gasteiger partial charge >= 0.3 is 0 Å². The van der Waals surface area contributed by atoms with Crippen LogP contribution in [0, 0.1) is 13.2 Å². The first-order valence-electron chi connectivity index (χ1n) is 2.82. The molecule has 0 fully saturated rings. The first-order chi connectivity index (χ1) is 5.52. The van der Waals surface area contributed by atoms with Gasteiger partial charge in [-0.2, -0.15) is 0 Å². The molecule has 0 saturated carbocycles. The predicted molar refractivity (Wildman–Crippen MR) is 54.6 cm³/mol. The quantitative estimate of drug-likeness (QED) is 0.522. The van der Waals surface area contributed by atoms with Gasteiger partial charge in [-0.15, -0.1) is 0 Å². The van der Waals surface area contributed by atoms with Crippen LogP contribution in [0.2, 0.25) is 0 Å². The monoisotopic (exact) mass is 399 g/mol.